The number of hydrogen-bond donors (Lipinski definition) is 0. The Hall–Kier alpha value is -3.06. The van der Waals surface area contributed by atoms with Gasteiger partial charge in [0.15, 0.2) is 11.6 Å². The number of fused-ring (bicyclic) bond motifs is 1. The van der Waals surface area contributed by atoms with Gasteiger partial charge in [-0.15, -0.1) is 0 Å². The van der Waals surface area contributed by atoms with Gasteiger partial charge in [-0.3, -0.25) is 9.59 Å². The number of nitrogens with zero attached hydrogens (tertiary/aromatic N) is 2. The molecule has 24 heavy (non-hydrogen) atoms. The molecule has 7 heteroatoms. The molecule has 0 bridgehead atoms. The highest BCUT2D eigenvalue weighted by atomic mass is 32.1. The molecule has 2 aromatic heterocycles. The summed E-state index contributed by atoms with van der Waals surface area (Å²) in [6, 6.07) is 11.8. The van der Waals surface area contributed by atoms with Crippen molar-refractivity contribution in [2.45, 2.75) is 0 Å². The largest absolute Gasteiger partial charge is 0.351 e. The second kappa shape index (κ2) is 5.54. The molecule has 0 N–H and O–H groups in total. The SMILES string of the molecule is O=Cc1cc(F)c2onc(-n3c(-c4ccccc4)csc3=O)c2c1. The molecule has 0 aliphatic rings. The molecule has 0 atom stereocenters. The average Bonchev–Trinajstić information content (AvgIpc) is 3.19. The first-order chi connectivity index (χ1) is 11.7. The van der Waals surface area contributed by atoms with Crippen LogP contribution in [0.4, 0.5) is 4.39 Å². The number of carbonyl (C=O) groups is 1. The Morgan fingerprint density at radius 3 is 2.75 bits per heavy atom. The molecule has 4 rings (SSSR count). The van der Waals surface area contributed by atoms with E-state index in [2.05, 4.69) is 5.16 Å². The zero-order chi connectivity index (χ0) is 16.7. The highest BCUT2D eigenvalue weighted by Gasteiger charge is 2.20. The van der Waals surface area contributed by atoms with E-state index in [0.29, 0.717) is 12.0 Å². The number of aldehydes is 1. The van der Waals surface area contributed by atoms with E-state index in [0.717, 1.165) is 23.0 Å². The smallest absolute Gasteiger partial charge is 0.313 e. The van der Waals surface area contributed by atoms with E-state index in [4.69, 9.17) is 4.52 Å². The van der Waals surface area contributed by atoms with Crippen LogP contribution in [0.5, 0.6) is 0 Å². The fourth-order valence-corrected chi connectivity index (χ4v) is 3.30. The van der Waals surface area contributed by atoms with E-state index in [-0.39, 0.29) is 27.2 Å². The van der Waals surface area contributed by atoms with Gasteiger partial charge in [-0.05, 0) is 17.7 Å². The molecule has 118 valence electrons. The number of hydrogen-bond acceptors (Lipinski definition) is 5. The summed E-state index contributed by atoms with van der Waals surface area (Å²) in [4.78, 5) is 23.0. The number of rotatable bonds is 3. The predicted molar refractivity (Wildman–Crippen MR) is 88.3 cm³/mol. The Labute approximate surface area is 138 Å². The molecule has 5 nitrogen and oxygen atoms in total. The molecule has 0 saturated carbocycles. The van der Waals surface area contributed by atoms with Crippen LogP contribution < -0.4 is 4.87 Å². The molecule has 0 fully saturated rings. The van der Waals surface area contributed by atoms with Crippen molar-refractivity contribution in [1.82, 2.24) is 9.72 Å². The lowest BCUT2D eigenvalue weighted by Gasteiger charge is -2.04. The quantitative estimate of drug-likeness (QED) is 0.534. The second-order valence-corrected chi connectivity index (χ2v) is 5.91. The predicted octanol–water partition coefficient (Wildman–Crippen LogP) is 3.66. The summed E-state index contributed by atoms with van der Waals surface area (Å²) in [5.41, 5.74) is 1.50. The van der Waals surface area contributed by atoms with Crippen LogP contribution in [-0.2, 0) is 0 Å². The van der Waals surface area contributed by atoms with Crippen molar-refractivity contribution < 1.29 is 13.7 Å². The summed E-state index contributed by atoms with van der Waals surface area (Å²) in [5.74, 6) is -0.532. The summed E-state index contributed by atoms with van der Waals surface area (Å²) in [6.45, 7) is 0. The first-order valence-corrected chi connectivity index (χ1v) is 7.87. The Morgan fingerprint density at radius 2 is 2.00 bits per heavy atom. The van der Waals surface area contributed by atoms with Crippen LogP contribution in [0.15, 0.2) is 57.2 Å². The van der Waals surface area contributed by atoms with Gasteiger partial charge in [0.1, 0.15) is 6.29 Å². The minimum absolute atomic E-state index is 0.0901. The molecule has 0 amide bonds. The normalized spacial score (nSPS) is 11.0. The Balaban J connectivity index is 2.03. The van der Waals surface area contributed by atoms with Gasteiger partial charge >= 0.3 is 4.87 Å². The van der Waals surface area contributed by atoms with Crippen LogP contribution in [0.2, 0.25) is 0 Å². The van der Waals surface area contributed by atoms with Crippen molar-refractivity contribution in [3.63, 3.8) is 0 Å². The lowest BCUT2D eigenvalue weighted by atomic mass is 10.1. The Morgan fingerprint density at radius 1 is 1.21 bits per heavy atom. The zero-order valence-corrected chi connectivity index (χ0v) is 12.9. The highest BCUT2D eigenvalue weighted by molar-refractivity contribution is 7.07. The monoisotopic (exact) mass is 340 g/mol. The van der Waals surface area contributed by atoms with Crippen molar-refractivity contribution in [3.8, 4) is 17.1 Å². The number of aromatic nitrogens is 2. The highest BCUT2D eigenvalue weighted by Crippen LogP contribution is 2.29. The van der Waals surface area contributed by atoms with E-state index < -0.39 is 5.82 Å². The lowest BCUT2D eigenvalue weighted by Crippen LogP contribution is -2.12. The molecule has 4 aromatic rings. The third-order valence-electron chi connectivity index (χ3n) is 3.64. The fraction of sp³-hybridized carbons (Fsp3) is 0. The van der Waals surface area contributed by atoms with Crippen LogP contribution in [0, 0.1) is 5.82 Å². The number of carbonyl (C=O) groups excluding carboxylic acids is 1. The number of thiazole rings is 1. The van der Waals surface area contributed by atoms with Crippen molar-refractivity contribution in [2.24, 2.45) is 0 Å². The summed E-state index contributed by atoms with van der Waals surface area (Å²) >= 11 is 1.01. The van der Waals surface area contributed by atoms with E-state index in [1.165, 1.54) is 10.6 Å². The first-order valence-electron chi connectivity index (χ1n) is 6.99. The van der Waals surface area contributed by atoms with Gasteiger partial charge in [0.2, 0.25) is 5.58 Å². The molecule has 0 aliphatic heterocycles. The number of halogens is 1. The van der Waals surface area contributed by atoms with E-state index in [9.17, 15) is 14.0 Å². The van der Waals surface area contributed by atoms with Crippen molar-refractivity contribution in [3.05, 3.63) is 68.9 Å². The molecular formula is C17H9FN2O3S. The second-order valence-electron chi connectivity index (χ2n) is 5.09. The molecule has 0 radical (unpaired) electrons. The zero-order valence-electron chi connectivity index (χ0n) is 12.1. The minimum atomic E-state index is -0.696. The van der Waals surface area contributed by atoms with Gasteiger partial charge < -0.3 is 4.52 Å². The van der Waals surface area contributed by atoms with Crippen LogP contribution in [0.3, 0.4) is 0 Å². The topological polar surface area (TPSA) is 65.1 Å². The summed E-state index contributed by atoms with van der Waals surface area (Å²) in [6.07, 6.45) is 0.536. The van der Waals surface area contributed by atoms with Gasteiger partial charge in [0, 0.05) is 10.9 Å². The summed E-state index contributed by atoms with van der Waals surface area (Å²) in [7, 11) is 0. The summed E-state index contributed by atoms with van der Waals surface area (Å²) < 4.78 is 20.4. The van der Waals surface area contributed by atoms with Gasteiger partial charge in [0.25, 0.3) is 0 Å². The van der Waals surface area contributed by atoms with Crippen LogP contribution in [0.1, 0.15) is 10.4 Å². The van der Waals surface area contributed by atoms with Crippen molar-refractivity contribution in [2.75, 3.05) is 0 Å². The lowest BCUT2D eigenvalue weighted by molar-refractivity contribution is 0.112. The van der Waals surface area contributed by atoms with Gasteiger partial charge in [0.05, 0.1) is 11.1 Å². The molecule has 0 aliphatic carbocycles. The van der Waals surface area contributed by atoms with Crippen molar-refractivity contribution >= 4 is 28.6 Å². The number of benzene rings is 2. The average molecular weight is 340 g/mol. The van der Waals surface area contributed by atoms with Crippen LogP contribution in [-0.4, -0.2) is 16.0 Å². The van der Waals surface area contributed by atoms with Gasteiger partial charge in [-0.1, -0.05) is 46.8 Å². The molecular weight excluding hydrogens is 331 g/mol. The van der Waals surface area contributed by atoms with E-state index in [1.54, 1.807) is 5.38 Å². The van der Waals surface area contributed by atoms with Crippen LogP contribution >= 0.6 is 11.3 Å². The summed E-state index contributed by atoms with van der Waals surface area (Å²) in [5, 5.41) is 5.84. The maximum atomic E-state index is 14.0. The Bertz CT molecular complexity index is 1110. The molecule has 0 unspecified atom stereocenters. The molecule has 2 aromatic carbocycles. The third-order valence-corrected chi connectivity index (χ3v) is 4.37. The molecule has 0 saturated heterocycles. The maximum Gasteiger partial charge on any atom is 0.313 e. The Kier molecular flexibility index (Phi) is 3.35. The van der Waals surface area contributed by atoms with E-state index in [1.807, 2.05) is 30.3 Å². The molecule has 2 heterocycles. The maximum absolute atomic E-state index is 14.0. The first kappa shape index (κ1) is 14.5. The van der Waals surface area contributed by atoms with E-state index >= 15 is 0 Å². The van der Waals surface area contributed by atoms with Crippen molar-refractivity contribution in [1.29, 1.82) is 0 Å². The third kappa shape index (κ3) is 2.17. The van der Waals surface area contributed by atoms with Gasteiger partial charge in [-0.2, -0.15) is 0 Å². The molecule has 0 spiro atoms. The standard InChI is InChI=1S/C17H9FN2O3S/c18-13-7-10(8-21)6-12-15(13)23-19-16(12)20-14(9-24-17(20)22)11-4-2-1-3-5-11/h1-9H. The van der Waals surface area contributed by atoms with Crippen LogP contribution in [0.25, 0.3) is 28.0 Å². The fourth-order valence-electron chi connectivity index (χ4n) is 2.56. The minimum Gasteiger partial charge on any atom is -0.351 e. The van der Waals surface area contributed by atoms with Gasteiger partial charge in [-0.25, -0.2) is 8.96 Å².